The fraction of sp³-hybridized carbons (Fsp3) is 0.312. The summed E-state index contributed by atoms with van der Waals surface area (Å²) in [5, 5.41) is 5.73. The van der Waals surface area contributed by atoms with E-state index in [0.717, 1.165) is 10.8 Å². The van der Waals surface area contributed by atoms with Crippen LogP contribution in [0.15, 0.2) is 28.6 Å². The van der Waals surface area contributed by atoms with Crippen LogP contribution in [0.5, 0.6) is 0 Å². The Balaban J connectivity index is 0.00000225. The summed E-state index contributed by atoms with van der Waals surface area (Å²) in [7, 11) is 0. The monoisotopic (exact) mass is 400 g/mol. The number of hydrogen-bond donors (Lipinski definition) is 2. The molecule has 0 saturated heterocycles. The molecule has 3 rings (SSSR count). The average molecular weight is 401 g/mol. The number of carbonyl (C=O) groups excluding carboxylic acids is 1. The Kier molecular flexibility index (Phi) is 6.08. The molecule has 134 valence electrons. The lowest BCUT2D eigenvalue weighted by Gasteiger charge is -2.30. The van der Waals surface area contributed by atoms with Crippen molar-refractivity contribution in [2.24, 2.45) is 10.7 Å². The van der Waals surface area contributed by atoms with Crippen molar-refractivity contribution < 1.29 is 9.18 Å². The zero-order valence-electron chi connectivity index (χ0n) is 13.7. The Morgan fingerprint density at radius 3 is 2.84 bits per heavy atom. The predicted molar refractivity (Wildman–Crippen MR) is 105 cm³/mol. The highest BCUT2D eigenvalue weighted by Crippen LogP contribution is 2.37. The lowest BCUT2D eigenvalue weighted by molar-refractivity contribution is 0.102. The summed E-state index contributed by atoms with van der Waals surface area (Å²) in [5.41, 5.74) is 6.37. The second-order valence-corrected chi connectivity index (χ2v) is 7.90. The van der Waals surface area contributed by atoms with Gasteiger partial charge in [0.2, 0.25) is 0 Å². The third-order valence-electron chi connectivity index (χ3n) is 3.85. The number of thiazole rings is 1. The minimum absolute atomic E-state index is 0. The first-order valence-corrected chi connectivity index (χ1v) is 9.25. The maximum atomic E-state index is 14.3. The number of rotatable bonds is 3. The molecule has 0 spiro atoms. The van der Waals surface area contributed by atoms with Gasteiger partial charge in [-0.25, -0.2) is 9.37 Å². The number of anilines is 1. The molecule has 3 N–H and O–H groups in total. The average Bonchev–Trinajstić information content (AvgIpc) is 2.95. The van der Waals surface area contributed by atoms with E-state index in [0.29, 0.717) is 28.5 Å². The van der Waals surface area contributed by atoms with Crippen LogP contribution in [0.25, 0.3) is 0 Å². The third-order valence-corrected chi connectivity index (χ3v) is 5.42. The molecule has 0 fully saturated rings. The van der Waals surface area contributed by atoms with Gasteiger partial charge < -0.3 is 11.1 Å². The van der Waals surface area contributed by atoms with Crippen LogP contribution in [-0.2, 0) is 5.54 Å². The molecule has 1 aliphatic rings. The van der Waals surface area contributed by atoms with Gasteiger partial charge in [0.25, 0.3) is 5.91 Å². The van der Waals surface area contributed by atoms with Crippen molar-refractivity contribution in [1.29, 1.82) is 0 Å². The second-order valence-electron chi connectivity index (χ2n) is 5.72. The van der Waals surface area contributed by atoms with Gasteiger partial charge in [0.15, 0.2) is 5.17 Å². The van der Waals surface area contributed by atoms with E-state index < -0.39 is 5.54 Å². The van der Waals surface area contributed by atoms with Crippen molar-refractivity contribution in [1.82, 2.24) is 4.98 Å². The van der Waals surface area contributed by atoms with Gasteiger partial charge in [-0.05, 0) is 38.5 Å². The lowest BCUT2D eigenvalue weighted by Crippen LogP contribution is -2.29. The van der Waals surface area contributed by atoms with Gasteiger partial charge in [0.05, 0.1) is 10.5 Å². The van der Waals surface area contributed by atoms with Crippen LogP contribution in [0.3, 0.4) is 0 Å². The summed E-state index contributed by atoms with van der Waals surface area (Å²) in [6.07, 6.45) is 0.679. The molecule has 2 aromatic rings. The first kappa shape index (κ1) is 19.7. The lowest BCUT2D eigenvalue weighted by atomic mass is 9.89. The molecule has 2 heterocycles. The summed E-state index contributed by atoms with van der Waals surface area (Å²) < 4.78 is 14.3. The molecule has 1 aromatic heterocycles. The van der Waals surface area contributed by atoms with Gasteiger partial charge in [-0.3, -0.25) is 9.79 Å². The first-order chi connectivity index (χ1) is 11.4. The van der Waals surface area contributed by atoms with Crippen LogP contribution in [0, 0.1) is 12.7 Å². The van der Waals surface area contributed by atoms with Gasteiger partial charge in [-0.15, -0.1) is 23.7 Å². The predicted octanol–water partition coefficient (Wildman–Crippen LogP) is 3.93. The summed E-state index contributed by atoms with van der Waals surface area (Å²) >= 11 is 2.87. The normalized spacial score (nSPS) is 19.7. The van der Waals surface area contributed by atoms with Crippen LogP contribution in [-0.4, -0.2) is 21.8 Å². The number of aromatic nitrogens is 1. The van der Waals surface area contributed by atoms with E-state index in [2.05, 4.69) is 15.3 Å². The van der Waals surface area contributed by atoms with Gasteiger partial charge in [-0.1, -0.05) is 11.8 Å². The molecule has 9 heteroatoms. The molecule has 0 saturated carbocycles. The first-order valence-electron chi connectivity index (χ1n) is 7.39. The van der Waals surface area contributed by atoms with Crippen LogP contribution in [0.4, 0.5) is 10.1 Å². The van der Waals surface area contributed by atoms with Gasteiger partial charge in [-0.2, -0.15) is 0 Å². The molecule has 25 heavy (non-hydrogen) atoms. The van der Waals surface area contributed by atoms with E-state index in [1.165, 1.54) is 35.2 Å². The number of benzene rings is 1. The van der Waals surface area contributed by atoms with E-state index in [4.69, 9.17) is 5.73 Å². The Morgan fingerprint density at radius 1 is 1.44 bits per heavy atom. The number of nitrogens with zero attached hydrogens (tertiary/aromatic N) is 2. The van der Waals surface area contributed by atoms with E-state index in [-0.39, 0.29) is 24.1 Å². The summed E-state index contributed by atoms with van der Waals surface area (Å²) in [5.74, 6) is 0.104. The van der Waals surface area contributed by atoms with E-state index in [9.17, 15) is 9.18 Å². The molecule has 0 radical (unpaired) electrons. The van der Waals surface area contributed by atoms with Crippen LogP contribution in [0.2, 0.25) is 0 Å². The molecule has 1 amide bonds. The highest BCUT2D eigenvalue weighted by Gasteiger charge is 2.32. The maximum Gasteiger partial charge on any atom is 0.275 e. The molecular formula is C16H18ClFN4OS2. The van der Waals surface area contributed by atoms with Crippen LogP contribution < -0.4 is 11.1 Å². The van der Waals surface area contributed by atoms with Crippen molar-refractivity contribution in [3.8, 4) is 0 Å². The molecule has 1 atom stereocenters. The Bertz CT molecular complexity index is 826. The van der Waals surface area contributed by atoms with Crippen LogP contribution in [0.1, 0.15) is 34.4 Å². The number of aryl methyl sites for hydroxylation is 1. The number of amides is 1. The van der Waals surface area contributed by atoms with Gasteiger partial charge in [0, 0.05) is 22.4 Å². The molecule has 0 unspecified atom stereocenters. The standard InChI is InChI=1S/C16H17FN4OS2.ClH/c1-9-19-13(8-24-9)14(22)20-10-3-4-12(17)11(7-10)16(2)5-6-23-15(18)21-16;/h3-4,7-8H,5-6H2,1-2H3,(H2,18,21)(H,20,22);1H/t16-;/m0./s1. The minimum Gasteiger partial charge on any atom is -0.379 e. The van der Waals surface area contributed by atoms with E-state index >= 15 is 0 Å². The largest absolute Gasteiger partial charge is 0.379 e. The maximum absolute atomic E-state index is 14.3. The number of amidine groups is 1. The zero-order valence-corrected chi connectivity index (χ0v) is 16.2. The van der Waals surface area contributed by atoms with Crippen molar-refractivity contribution in [2.45, 2.75) is 25.8 Å². The third kappa shape index (κ3) is 4.31. The Morgan fingerprint density at radius 2 is 2.20 bits per heavy atom. The number of halogens is 2. The minimum atomic E-state index is -0.725. The number of thioether (sulfide) groups is 1. The van der Waals surface area contributed by atoms with Gasteiger partial charge >= 0.3 is 0 Å². The van der Waals surface area contributed by atoms with Crippen molar-refractivity contribution >= 4 is 52.3 Å². The van der Waals surface area contributed by atoms with Crippen molar-refractivity contribution in [3.63, 3.8) is 0 Å². The van der Waals surface area contributed by atoms with Crippen LogP contribution >= 0.6 is 35.5 Å². The fourth-order valence-corrected chi connectivity index (χ4v) is 4.13. The number of hydrogen-bond acceptors (Lipinski definition) is 6. The number of nitrogens with one attached hydrogen (secondary N) is 1. The Labute approximate surface area is 159 Å². The number of nitrogens with two attached hydrogens (primary N) is 1. The van der Waals surface area contributed by atoms with Gasteiger partial charge in [0.1, 0.15) is 11.5 Å². The molecule has 5 nitrogen and oxygen atoms in total. The fourth-order valence-electron chi connectivity index (χ4n) is 2.56. The number of carbonyl (C=O) groups is 1. The highest BCUT2D eigenvalue weighted by molar-refractivity contribution is 8.13. The SMILES string of the molecule is Cc1nc(C(=O)Nc2ccc(F)c([C@]3(C)CCSC(N)=N3)c2)cs1.Cl. The zero-order chi connectivity index (χ0) is 17.3. The molecule has 0 bridgehead atoms. The smallest absolute Gasteiger partial charge is 0.275 e. The Hall–Kier alpha value is -1.64. The molecule has 0 aliphatic carbocycles. The van der Waals surface area contributed by atoms with E-state index in [1.807, 2.05) is 13.8 Å². The highest BCUT2D eigenvalue weighted by atomic mass is 35.5. The summed E-state index contributed by atoms with van der Waals surface area (Å²) in [4.78, 5) is 20.8. The summed E-state index contributed by atoms with van der Waals surface area (Å²) in [6, 6.07) is 4.50. The van der Waals surface area contributed by atoms with Crippen molar-refractivity contribution in [2.75, 3.05) is 11.1 Å². The van der Waals surface area contributed by atoms with E-state index in [1.54, 1.807) is 11.4 Å². The number of aliphatic imine (C=N–C) groups is 1. The molecule has 1 aromatic carbocycles. The van der Waals surface area contributed by atoms with Crippen molar-refractivity contribution in [3.05, 3.63) is 45.7 Å². The molecule has 1 aliphatic heterocycles. The molecular weight excluding hydrogens is 383 g/mol. The quantitative estimate of drug-likeness (QED) is 0.817. The topological polar surface area (TPSA) is 80.4 Å². The summed E-state index contributed by atoms with van der Waals surface area (Å²) in [6.45, 7) is 3.69. The second kappa shape index (κ2) is 7.72.